The lowest BCUT2D eigenvalue weighted by atomic mass is 9.83. The van der Waals surface area contributed by atoms with Crippen LogP contribution in [-0.2, 0) is 0 Å². The summed E-state index contributed by atoms with van der Waals surface area (Å²) in [6.45, 7) is 5.19. The summed E-state index contributed by atoms with van der Waals surface area (Å²) in [6.07, 6.45) is 3.19. The minimum absolute atomic E-state index is 0.174. The van der Waals surface area contributed by atoms with Gasteiger partial charge in [-0.15, -0.1) is 11.8 Å². The van der Waals surface area contributed by atoms with Crippen molar-refractivity contribution in [3.05, 3.63) is 29.8 Å². The van der Waals surface area contributed by atoms with Crippen molar-refractivity contribution in [2.24, 2.45) is 11.1 Å². The van der Waals surface area contributed by atoms with Crippen LogP contribution in [0.4, 0.5) is 0 Å². The third-order valence-electron chi connectivity index (χ3n) is 3.42. The molecule has 0 amide bonds. The summed E-state index contributed by atoms with van der Waals surface area (Å²) < 4.78 is 0. The molecule has 0 aliphatic carbocycles. The minimum Gasteiger partial charge on any atom is -0.330 e. The van der Waals surface area contributed by atoms with E-state index in [9.17, 15) is 0 Å². The van der Waals surface area contributed by atoms with Crippen molar-refractivity contribution in [3.63, 3.8) is 0 Å². The lowest BCUT2D eigenvalue weighted by molar-refractivity contribution is 0.202. The SMILES string of the molecule is CSc1ccc(C(CC(C)(C)CN)N(C)C)cc1. The van der Waals surface area contributed by atoms with Crippen LogP contribution in [0.15, 0.2) is 29.2 Å². The normalized spacial score (nSPS) is 13.9. The molecule has 2 nitrogen and oxygen atoms in total. The molecule has 1 atom stereocenters. The van der Waals surface area contributed by atoms with Gasteiger partial charge in [0.2, 0.25) is 0 Å². The Balaban J connectivity index is 2.90. The van der Waals surface area contributed by atoms with Crippen molar-refractivity contribution in [1.82, 2.24) is 4.90 Å². The fraction of sp³-hybridized carbons (Fsp3) is 0.600. The van der Waals surface area contributed by atoms with Gasteiger partial charge >= 0.3 is 0 Å². The average Bonchev–Trinajstić information content (AvgIpc) is 2.36. The highest BCUT2D eigenvalue weighted by molar-refractivity contribution is 7.98. The Hall–Kier alpha value is -0.510. The molecule has 0 aliphatic rings. The van der Waals surface area contributed by atoms with Gasteiger partial charge in [-0.3, -0.25) is 0 Å². The van der Waals surface area contributed by atoms with Crippen LogP contribution in [0.1, 0.15) is 31.9 Å². The van der Waals surface area contributed by atoms with E-state index in [1.54, 1.807) is 11.8 Å². The zero-order valence-electron chi connectivity index (χ0n) is 12.2. The van der Waals surface area contributed by atoms with Crippen LogP contribution in [0, 0.1) is 5.41 Å². The van der Waals surface area contributed by atoms with Crippen LogP contribution < -0.4 is 5.73 Å². The summed E-state index contributed by atoms with van der Waals surface area (Å²) in [5, 5.41) is 0. The van der Waals surface area contributed by atoms with E-state index < -0.39 is 0 Å². The third-order valence-corrected chi connectivity index (χ3v) is 4.17. The second-order valence-electron chi connectivity index (χ2n) is 5.83. The fourth-order valence-electron chi connectivity index (χ4n) is 2.03. The molecular weight excluding hydrogens is 240 g/mol. The molecule has 3 heteroatoms. The Morgan fingerprint density at radius 3 is 2.17 bits per heavy atom. The molecule has 0 bridgehead atoms. The maximum atomic E-state index is 5.86. The maximum Gasteiger partial charge on any atom is 0.0347 e. The zero-order chi connectivity index (χ0) is 13.8. The molecule has 0 aromatic heterocycles. The highest BCUT2D eigenvalue weighted by Gasteiger charge is 2.24. The Labute approximate surface area is 116 Å². The van der Waals surface area contributed by atoms with E-state index in [1.807, 2.05) is 0 Å². The molecule has 1 unspecified atom stereocenters. The topological polar surface area (TPSA) is 29.3 Å². The number of nitrogens with two attached hydrogens (primary N) is 1. The molecule has 102 valence electrons. The van der Waals surface area contributed by atoms with Crippen LogP contribution >= 0.6 is 11.8 Å². The van der Waals surface area contributed by atoms with Crippen LogP contribution in [0.25, 0.3) is 0 Å². The van der Waals surface area contributed by atoms with Crippen molar-refractivity contribution < 1.29 is 0 Å². The molecule has 0 saturated carbocycles. The van der Waals surface area contributed by atoms with Gasteiger partial charge in [-0.25, -0.2) is 0 Å². The summed E-state index contributed by atoms with van der Waals surface area (Å²) in [5.41, 5.74) is 7.40. The van der Waals surface area contributed by atoms with Gasteiger partial charge in [-0.2, -0.15) is 0 Å². The molecule has 1 aromatic rings. The van der Waals surface area contributed by atoms with Crippen LogP contribution in [0.5, 0.6) is 0 Å². The van der Waals surface area contributed by atoms with E-state index in [2.05, 4.69) is 63.4 Å². The molecule has 0 saturated heterocycles. The lowest BCUT2D eigenvalue weighted by Gasteiger charge is -2.33. The summed E-state index contributed by atoms with van der Waals surface area (Å²) in [6, 6.07) is 9.31. The molecular formula is C15H26N2S. The number of thioether (sulfide) groups is 1. The molecule has 0 aliphatic heterocycles. The average molecular weight is 266 g/mol. The number of hydrogen-bond acceptors (Lipinski definition) is 3. The maximum absolute atomic E-state index is 5.86. The first-order chi connectivity index (χ1) is 8.39. The quantitative estimate of drug-likeness (QED) is 0.800. The van der Waals surface area contributed by atoms with Crippen LogP contribution in [0.3, 0.4) is 0 Å². The van der Waals surface area contributed by atoms with E-state index in [0.29, 0.717) is 6.04 Å². The Bertz CT molecular complexity index is 357. The van der Waals surface area contributed by atoms with Crippen LogP contribution in [-0.4, -0.2) is 31.8 Å². The van der Waals surface area contributed by atoms with Crippen LogP contribution in [0.2, 0.25) is 0 Å². The van der Waals surface area contributed by atoms with Crippen molar-refractivity contribution >= 4 is 11.8 Å². The van der Waals surface area contributed by atoms with Gasteiger partial charge in [0.1, 0.15) is 0 Å². The monoisotopic (exact) mass is 266 g/mol. The molecule has 1 aromatic carbocycles. The third kappa shape index (κ3) is 4.30. The first-order valence-corrected chi connectivity index (χ1v) is 7.62. The van der Waals surface area contributed by atoms with Crippen molar-refractivity contribution in [1.29, 1.82) is 0 Å². The summed E-state index contributed by atoms with van der Waals surface area (Å²) >= 11 is 1.78. The van der Waals surface area contributed by atoms with Gasteiger partial charge in [-0.1, -0.05) is 26.0 Å². The summed E-state index contributed by atoms with van der Waals surface area (Å²) in [7, 11) is 4.28. The van der Waals surface area contributed by atoms with Gasteiger partial charge in [-0.05, 0) is 56.4 Å². The highest BCUT2D eigenvalue weighted by atomic mass is 32.2. The smallest absolute Gasteiger partial charge is 0.0347 e. The Morgan fingerprint density at radius 1 is 1.22 bits per heavy atom. The van der Waals surface area contributed by atoms with Gasteiger partial charge in [0.05, 0.1) is 0 Å². The van der Waals surface area contributed by atoms with Crippen molar-refractivity contribution in [2.75, 3.05) is 26.9 Å². The zero-order valence-corrected chi connectivity index (χ0v) is 13.1. The largest absolute Gasteiger partial charge is 0.330 e. The second-order valence-corrected chi connectivity index (χ2v) is 6.70. The summed E-state index contributed by atoms with van der Waals surface area (Å²) in [4.78, 5) is 3.60. The van der Waals surface area contributed by atoms with E-state index in [1.165, 1.54) is 10.5 Å². The van der Waals surface area contributed by atoms with Gasteiger partial charge in [0.15, 0.2) is 0 Å². The molecule has 0 spiro atoms. The molecule has 0 heterocycles. The number of nitrogens with zero attached hydrogens (tertiary/aromatic N) is 1. The first-order valence-electron chi connectivity index (χ1n) is 6.40. The highest BCUT2D eigenvalue weighted by Crippen LogP contribution is 2.32. The lowest BCUT2D eigenvalue weighted by Crippen LogP contribution is -2.31. The molecule has 0 fully saturated rings. The van der Waals surface area contributed by atoms with Gasteiger partial charge in [0.25, 0.3) is 0 Å². The predicted octanol–water partition coefficient (Wildman–Crippen LogP) is 3.39. The first kappa shape index (κ1) is 15.5. The molecule has 1 rings (SSSR count). The van der Waals surface area contributed by atoms with Crippen molar-refractivity contribution in [3.8, 4) is 0 Å². The van der Waals surface area contributed by atoms with E-state index in [0.717, 1.165) is 13.0 Å². The van der Waals surface area contributed by atoms with Crippen molar-refractivity contribution in [2.45, 2.75) is 31.2 Å². The van der Waals surface area contributed by atoms with E-state index >= 15 is 0 Å². The van der Waals surface area contributed by atoms with E-state index in [-0.39, 0.29) is 5.41 Å². The summed E-state index contributed by atoms with van der Waals surface area (Å²) in [5.74, 6) is 0. The van der Waals surface area contributed by atoms with Gasteiger partial charge in [0, 0.05) is 10.9 Å². The molecule has 2 N–H and O–H groups in total. The predicted molar refractivity (Wildman–Crippen MR) is 82.1 cm³/mol. The standard InChI is InChI=1S/C15H26N2S/c1-15(2,11-16)10-14(17(3)4)12-6-8-13(18-5)9-7-12/h6-9,14H,10-11,16H2,1-5H3. The Kier molecular flexibility index (Phi) is 5.70. The number of hydrogen-bond donors (Lipinski definition) is 1. The number of rotatable bonds is 6. The number of benzene rings is 1. The Morgan fingerprint density at radius 2 is 1.78 bits per heavy atom. The van der Waals surface area contributed by atoms with Gasteiger partial charge < -0.3 is 10.6 Å². The van der Waals surface area contributed by atoms with E-state index in [4.69, 9.17) is 5.73 Å². The molecule has 0 radical (unpaired) electrons. The second kappa shape index (κ2) is 6.60. The molecule has 18 heavy (non-hydrogen) atoms. The minimum atomic E-state index is 0.174. The fourth-order valence-corrected chi connectivity index (χ4v) is 2.44.